The number of aliphatic hydroxyl groups is 1. The number of likely N-dealkylation sites (tertiary alicyclic amines) is 1. The van der Waals surface area contributed by atoms with Gasteiger partial charge in [0.15, 0.2) is 0 Å². The third kappa shape index (κ3) is 7.18. The van der Waals surface area contributed by atoms with E-state index in [1.54, 1.807) is 4.90 Å². The number of hydrogen-bond acceptors (Lipinski definition) is 4. The van der Waals surface area contributed by atoms with Crippen LogP contribution in [0.5, 0.6) is 0 Å². The molecule has 1 unspecified atom stereocenters. The Morgan fingerprint density at radius 1 is 1.47 bits per heavy atom. The average Bonchev–Trinajstić information content (AvgIpc) is 2.66. The summed E-state index contributed by atoms with van der Waals surface area (Å²) in [6, 6.07) is 0. The Morgan fingerprint density at radius 2 is 2.00 bits per heavy atom. The first kappa shape index (κ1) is 18.6. The van der Waals surface area contributed by atoms with Gasteiger partial charge in [-0.05, 0) is 39.7 Å². The second-order valence-electron chi connectivity index (χ2n) is 4.82. The van der Waals surface area contributed by atoms with Crippen molar-refractivity contribution in [3.05, 3.63) is 0 Å². The van der Waals surface area contributed by atoms with E-state index in [1.807, 2.05) is 20.8 Å². The van der Waals surface area contributed by atoms with Crippen molar-refractivity contribution < 1.29 is 14.6 Å². The van der Waals surface area contributed by atoms with Gasteiger partial charge in [0.25, 0.3) is 0 Å². The fourth-order valence-corrected chi connectivity index (χ4v) is 1.52. The van der Waals surface area contributed by atoms with Crippen molar-refractivity contribution in [3.63, 3.8) is 0 Å². The molecular weight excluding hydrogens is 220 g/mol. The highest BCUT2D eigenvalue weighted by Gasteiger charge is 2.28. The van der Waals surface area contributed by atoms with Crippen LogP contribution in [0.3, 0.4) is 0 Å². The van der Waals surface area contributed by atoms with Crippen molar-refractivity contribution >= 4 is 6.09 Å². The first-order valence-corrected chi connectivity index (χ1v) is 5.55. The molecule has 1 atom stereocenters. The molecule has 5 heteroatoms. The van der Waals surface area contributed by atoms with Gasteiger partial charge < -0.3 is 20.5 Å². The minimum Gasteiger partial charge on any atom is -0.444 e. The van der Waals surface area contributed by atoms with Crippen LogP contribution >= 0.6 is 0 Å². The van der Waals surface area contributed by atoms with Gasteiger partial charge in [-0.2, -0.15) is 0 Å². The zero-order chi connectivity index (χ0) is 12.8. The number of carbonyl (C=O) groups excluding carboxylic acids is 1. The van der Waals surface area contributed by atoms with E-state index in [9.17, 15) is 4.79 Å². The minimum atomic E-state index is -0.405. The first-order valence-electron chi connectivity index (χ1n) is 5.55. The highest BCUT2D eigenvalue weighted by molar-refractivity contribution is 5.68. The third-order valence-electron chi connectivity index (χ3n) is 2.27. The summed E-state index contributed by atoms with van der Waals surface area (Å²) in [4.78, 5) is 13.3. The second-order valence-corrected chi connectivity index (χ2v) is 4.82. The van der Waals surface area contributed by atoms with Crippen molar-refractivity contribution in [2.24, 2.45) is 11.7 Å². The van der Waals surface area contributed by atoms with E-state index in [4.69, 9.17) is 15.6 Å². The molecule has 0 aromatic heterocycles. The zero-order valence-electron chi connectivity index (χ0n) is 10.7. The fourth-order valence-electron chi connectivity index (χ4n) is 1.52. The summed E-state index contributed by atoms with van der Waals surface area (Å²) in [5, 5.41) is 7.00. The van der Waals surface area contributed by atoms with Crippen molar-refractivity contribution in [2.75, 3.05) is 26.7 Å². The molecule has 0 aromatic carbocycles. The Bertz CT molecular complexity index is 214. The van der Waals surface area contributed by atoms with Gasteiger partial charge in [-0.3, -0.25) is 0 Å². The van der Waals surface area contributed by atoms with Crippen molar-refractivity contribution in [2.45, 2.75) is 40.2 Å². The number of amides is 1. The number of aliphatic hydroxyl groups excluding tert-OH is 1. The molecule has 0 radical (unpaired) electrons. The lowest BCUT2D eigenvalue weighted by molar-refractivity contribution is 0.0289. The predicted octanol–water partition coefficient (Wildman–Crippen LogP) is 1.45. The SMILES string of the molecule is C.CC(C)(C)OC(=O)N1CCC(CN)C1.CO. The number of nitrogens with two attached hydrogens (primary N) is 1. The molecule has 0 aromatic rings. The molecule has 1 heterocycles. The van der Waals surface area contributed by atoms with Crippen LogP contribution in [0.4, 0.5) is 4.79 Å². The third-order valence-corrected chi connectivity index (χ3v) is 2.27. The topological polar surface area (TPSA) is 75.8 Å². The molecule has 17 heavy (non-hydrogen) atoms. The van der Waals surface area contributed by atoms with Crippen molar-refractivity contribution in [1.82, 2.24) is 4.90 Å². The lowest BCUT2D eigenvalue weighted by atomic mass is 10.1. The van der Waals surface area contributed by atoms with Crippen LogP contribution in [0, 0.1) is 5.92 Å². The molecule has 1 aliphatic rings. The van der Waals surface area contributed by atoms with E-state index in [1.165, 1.54) is 0 Å². The van der Waals surface area contributed by atoms with Gasteiger partial charge in [0.1, 0.15) is 5.60 Å². The summed E-state index contributed by atoms with van der Waals surface area (Å²) in [5.74, 6) is 0.447. The lowest BCUT2D eigenvalue weighted by Crippen LogP contribution is -2.35. The summed E-state index contributed by atoms with van der Waals surface area (Å²) in [5.41, 5.74) is 5.14. The van der Waals surface area contributed by atoms with E-state index in [0.29, 0.717) is 12.5 Å². The van der Waals surface area contributed by atoms with E-state index >= 15 is 0 Å². The van der Waals surface area contributed by atoms with Gasteiger partial charge in [0, 0.05) is 20.2 Å². The number of ether oxygens (including phenoxy) is 1. The van der Waals surface area contributed by atoms with E-state index < -0.39 is 5.60 Å². The molecule has 5 nitrogen and oxygen atoms in total. The molecule has 3 N–H and O–H groups in total. The maximum absolute atomic E-state index is 11.6. The van der Waals surface area contributed by atoms with Gasteiger partial charge >= 0.3 is 6.09 Å². The summed E-state index contributed by atoms with van der Waals surface area (Å²) >= 11 is 0. The molecule has 1 fully saturated rings. The fraction of sp³-hybridized carbons (Fsp3) is 0.917. The number of carbonyl (C=O) groups is 1. The number of rotatable bonds is 1. The Balaban J connectivity index is 0. The van der Waals surface area contributed by atoms with Crippen molar-refractivity contribution in [3.8, 4) is 0 Å². The van der Waals surface area contributed by atoms with Crippen LogP contribution in [0.2, 0.25) is 0 Å². The maximum atomic E-state index is 11.6. The molecule has 0 saturated carbocycles. The Labute approximate surface area is 105 Å². The normalized spacial score (nSPS) is 18.9. The molecule has 0 aliphatic carbocycles. The maximum Gasteiger partial charge on any atom is 0.410 e. The van der Waals surface area contributed by atoms with Gasteiger partial charge in [0.2, 0.25) is 0 Å². The van der Waals surface area contributed by atoms with Crippen LogP contribution in [0.15, 0.2) is 0 Å². The Morgan fingerprint density at radius 3 is 2.35 bits per heavy atom. The molecule has 1 amide bonds. The molecule has 104 valence electrons. The average molecular weight is 248 g/mol. The van der Waals surface area contributed by atoms with E-state index in [-0.39, 0.29) is 13.5 Å². The van der Waals surface area contributed by atoms with E-state index in [0.717, 1.165) is 26.6 Å². The first-order chi connectivity index (χ1) is 7.42. The summed E-state index contributed by atoms with van der Waals surface area (Å²) in [7, 11) is 1.00. The quantitative estimate of drug-likeness (QED) is 0.736. The number of hydrogen-bond donors (Lipinski definition) is 2. The molecule has 1 aliphatic heterocycles. The van der Waals surface area contributed by atoms with Gasteiger partial charge in [-0.15, -0.1) is 0 Å². The molecule has 0 bridgehead atoms. The monoisotopic (exact) mass is 248 g/mol. The van der Waals surface area contributed by atoms with Crippen LogP contribution < -0.4 is 5.73 Å². The van der Waals surface area contributed by atoms with Crippen LogP contribution in [-0.4, -0.2) is 48.4 Å². The van der Waals surface area contributed by atoms with Gasteiger partial charge in [0.05, 0.1) is 0 Å². The molecule has 0 spiro atoms. The van der Waals surface area contributed by atoms with Crippen molar-refractivity contribution in [1.29, 1.82) is 0 Å². The summed E-state index contributed by atoms with van der Waals surface area (Å²) in [6.45, 7) is 7.80. The van der Waals surface area contributed by atoms with Crippen LogP contribution in [0.1, 0.15) is 34.6 Å². The Hall–Kier alpha value is -0.810. The molecular formula is C12H28N2O3. The highest BCUT2D eigenvalue weighted by Crippen LogP contribution is 2.18. The van der Waals surface area contributed by atoms with Gasteiger partial charge in [-0.25, -0.2) is 4.79 Å². The lowest BCUT2D eigenvalue weighted by Gasteiger charge is -2.24. The number of nitrogens with zero attached hydrogens (tertiary/aromatic N) is 1. The highest BCUT2D eigenvalue weighted by atomic mass is 16.6. The second kappa shape index (κ2) is 8.31. The van der Waals surface area contributed by atoms with Gasteiger partial charge in [-0.1, -0.05) is 7.43 Å². The Kier molecular flexibility index (Phi) is 9.06. The smallest absolute Gasteiger partial charge is 0.410 e. The molecule has 1 rings (SSSR count). The van der Waals surface area contributed by atoms with Crippen LogP contribution in [-0.2, 0) is 4.74 Å². The largest absolute Gasteiger partial charge is 0.444 e. The zero-order valence-corrected chi connectivity index (χ0v) is 10.7. The van der Waals surface area contributed by atoms with E-state index in [2.05, 4.69) is 0 Å². The predicted molar refractivity (Wildman–Crippen MR) is 69.8 cm³/mol. The standard InChI is InChI=1S/C10H20N2O2.CH4O.CH4/c1-10(2,3)14-9(13)12-5-4-8(6-11)7-12;1-2;/h8H,4-7,11H2,1-3H3;2H,1H3;1H4. The minimum absolute atomic E-state index is 0. The summed E-state index contributed by atoms with van der Waals surface area (Å²) < 4.78 is 5.26. The van der Waals surface area contributed by atoms with Crippen LogP contribution in [0.25, 0.3) is 0 Å². The summed E-state index contributed by atoms with van der Waals surface area (Å²) in [6.07, 6.45) is 0.781. The molecule has 1 saturated heterocycles.